The summed E-state index contributed by atoms with van der Waals surface area (Å²) in [5, 5.41) is 0.549. The van der Waals surface area contributed by atoms with E-state index in [1.54, 1.807) is 57.4 Å². The fraction of sp³-hybridized carbons (Fsp3) is 0.292. The number of para-hydroxylation sites is 1. The van der Waals surface area contributed by atoms with Crippen LogP contribution in [0.3, 0.4) is 0 Å². The molecule has 0 saturated heterocycles. The van der Waals surface area contributed by atoms with Crippen LogP contribution < -0.4 is 9.64 Å². The van der Waals surface area contributed by atoms with Gasteiger partial charge < -0.3 is 19.1 Å². The first-order chi connectivity index (χ1) is 15.8. The predicted molar refractivity (Wildman–Crippen MR) is 128 cm³/mol. The Bertz CT molecular complexity index is 1200. The van der Waals surface area contributed by atoms with Gasteiger partial charge in [-0.1, -0.05) is 40.2 Å². The Balaban J connectivity index is 2.28. The van der Waals surface area contributed by atoms with Crippen LogP contribution in [0.1, 0.15) is 36.8 Å². The van der Waals surface area contributed by atoms with Crippen LogP contribution in [-0.2, 0) is 20.8 Å². The quantitative estimate of drug-likeness (QED) is 0.403. The van der Waals surface area contributed by atoms with Gasteiger partial charge in [0.2, 0.25) is 5.91 Å². The van der Waals surface area contributed by atoms with E-state index in [1.165, 1.54) is 16.4 Å². The number of rotatable bonds is 7. The number of ether oxygens (including phenoxy) is 3. The van der Waals surface area contributed by atoms with E-state index in [0.717, 1.165) is 10.0 Å². The molecule has 1 amide bonds. The van der Waals surface area contributed by atoms with Crippen LogP contribution >= 0.6 is 15.9 Å². The fourth-order valence-corrected chi connectivity index (χ4v) is 4.05. The van der Waals surface area contributed by atoms with Crippen LogP contribution in [0.25, 0.3) is 10.9 Å². The zero-order chi connectivity index (χ0) is 24.1. The number of esters is 1. The molecule has 3 rings (SSSR count). The van der Waals surface area contributed by atoms with Crippen molar-refractivity contribution >= 4 is 50.5 Å². The number of carbonyl (C=O) groups is 3. The van der Waals surface area contributed by atoms with Gasteiger partial charge in [-0.05, 0) is 37.6 Å². The third kappa shape index (κ3) is 4.88. The smallest absolute Gasteiger partial charge is 0.419 e. The standard InChI is InChI=1S/C24H25BrN2O6/c1-5-32-23(29)22-21(18-9-7-8-10-20(18)27(22)24(30)33-6-2)26(15(3)28)14-16-11-12-17(31-4)13-19(16)25/h7-13H,5-6,14H2,1-4H3. The first kappa shape index (κ1) is 24.3. The molecule has 2 aromatic carbocycles. The summed E-state index contributed by atoms with van der Waals surface area (Å²) in [7, 11) is 1.57. The predicted octanol–water partition coefficient (Wildman–Crippen LogP) is 5.15. The third-order valence-corrected chi connectivity index (χ3v) is 5.74. The van der Waals surface area contributed by atoms with E-state index in [4.69, 9.17) is 14.2 Å². The number of aromatic nitrogens is 1. The minimum atomic E-state index is -0.725. The highest BCUT2D eigenvalue weighted by molar-refractivity contribution is 9.10. The van der Waals surface area contributed by atoms with Gasteiger partial charge in [0, 0.05) is 16.8 Å². The Morgan fingerprint density at radius 2 is 1.73 bits per heavy atom. The Hall–Kier alpha value is -3.33. The topological polar surface area (TPSA) is 87.1 Å². The van der Waals surface area contributed by atoms with Gasteiger partial charge >= 0.3 is 12.1 Å². The lowest BCUT2D eigenvalue weighted by Crippen LogP contribution is -2.31. The van der Waals surface area contributed by atoms with Gasteiger partial charge in [-0.15, -0.1) is 0 Å². The largest absolute Gasteiger partial charge is 0.497 e. The van der Waals surface area contributed by atoms with E-state index in [9.17, 15) is 14.4 Å². The highest BCUT2D eigenvalue weighted by Crippen LogP contribution is 2.37. The number of nitrogens with zero attached hydrogens (tertiary/aromatic N) is 2. The summed E-state index contributed by atoms with van der Waals surface area (Å²) in [6.07, 6.45) is -0.725. The second kappa shape index (κ2) is 10.5. The van der Waals surface area contributed by atoms with Crippen LogP contribution in [0.5, 0.6) is 5.75 Å². The first-order valence-corrected chi connectivity index (χ1v) is 11.2. The normalized spacial score (nSPS) is 10.7. The van der Waals surface area contributed by atoms with Crippen molar-refractivity contribution in [1.82, 2.24) is 4.57 Å². The molecule has 33 heavy (non-hydrogen) atoms. The van der Waals surface area contributed by atoms with Gasteiger partial charge in [-0.2, -0.15) is 0 Å². The van der Waals surface area contributed by atoms with Crippen molar-refractivity contribution in [2.45, 2.75) is 27.3 Å². The summed E-state index contributed by atoms with van der Waals surface area (Å²) in [4.78, 5) is 40.3. The summed E-state index contributed by atoms with van der Waals surface area (Å²) in [6, 6.07) is 12.4. The lowest BCUT2D eigenvalue weighted by molar-refractivity contribution is -0.116. The highest BCUT2D eigenvalue weighted by Gasteiger charge is 2.32. The molecule has 0 aliphatic rings. The maximum Gasteiger partial charge on any atom is 0.419 e. The molecule has 9 heteroatoms. The van der Waals surface area contributed by atoms with Crippen molar-refractivity contribution in [3.8, 4) is 5.75 Å². The van der Waals surface area contributed by atoms with E-state index < -0.39 is 12.1 Å². The van der Waals surface area contributed by atoms with Crippen molar-refractivity contribution in [2.75, 3.05) is 25.2 Å². The second-order valence-corrected chi connectivity index (χ2v) is 7.89. The number of amides is 1. The molecule has 8 nitrogen and oxygen atoms in total. The molecule has 174 valence electrons. The Morgan fingerprint density at radius 3 is 2.33 bits per heavy atom. The number of carbonyl (C=O) groups excluding carboxylic acids is 3. The van der Waals surface area contributed by atoms with Crippen molar-refractivity contribution in [2.24, 2.45) is 0 Å². The molecule has 0 aliphatic heterocycles. The maximum atomic E-state index is 13.1. The van der Waals surface area contributed by atoms with E-state index in [0.29, 0.717) is 16.7 Å². The molecule has 0 fully saturated rings. The molecule has 0 spiro atoms. The summed E-state index contributed by atoms with van der Waals surface area (Å²) in [5.74, 6) is -0.377. The van der Waals surface area contributed by atoms with Crippen LogP contribution in [0.4, 0.5) is 10.5 Å². The Kier molecular flexibility index (Phi) is 7.75. The maximum absolute atomic E-state index is 13.1. The first-order valence-electron chi connectivity index (χ1n) is 10.4. The SMILES string of the molecule is CCOC(=O)c1c(N(Cc2ccc(OC)cc2Br)C(C)=O)c2ccccc2n1C(=O)OCC. The average molecular weight is 517 g/mol. The van der Waals surface area contributed by atoms with Crippen LogP contribution in [0.15, 0.2) is 46.9 Å². The molecule has 0 unspecified atom stereocenters. The van der Waals surface area contributed by atoms with Crippen molar-refractivity contribution in [3.63, 3.8) is 0 Å². The van der Waals surface area contributed by atoms with Crippen molar-refractivity contribution in [3.05, 3.63) is 58.2 Å². The molecule has 0 bridgehead atoms. The monoisotopic (exact) mass is 516 g/mol. The lowest BCUT2D eigenvalue weighted by atomic mass is 10.1. The summed E-state index contributed by atoms with van der Waals surface area (Å²) in [6.45, 7) is 5.13. The summed E-state index contributed by atoms with van der Waals surface area (Å²) >= 11 is 3.52. The van der Waals surface area contributed by atoms with Crippen molar-refractivity contribution < 1.29 is 28.6 Å². The average Bonchev–Trinajstić information content (AvgIpc) is 3.13. The van der Waals surface area contributed by atoms with Gasteiger partial charge in [0.05, 0.1) is 38.1 Å². The number of fused-ring (bicyclic) bond motifs is 1. The molecule has 0 radical (unpaired) electrons. The van der Waals surface area contributed by atoms with E-state index in [-0.39, 0.29) is 37.0 Å². The minimum Gasteiger partial charge on any atom is -0.497 e. The number of hydrogen-bond acceptors (Lipinski definition) is 6. The van der Waals surface area contributed by atoms with Gasteiger partial charge in [0.15, 0.2) is 5.69 Å². The molecular weight excluding hydrogens is 492 g/mol. The Labute approximate surface area is 200 Å². The molecule has 0 saturated carbocycles. The van der Waals surface area contributed by atoms with Crippen molar-refractivity contribution in [1.29, 1.82) is 0 Å². The van der Waals surface area contributed by atoms with E-state index in [1.807, 2.05) is 6.07 Å². The minimum absolute atomic E-state index is 0.0589. The zero-order valence-corrected chi connectivity index (χ0v) is 20.5. The summed E-state index contributed by atoms with van der Waals surface area (Å²) < 4.78 is 17.6. The number of benzene rings is 2. The molecule has 0 aliphatic carbocycles. The summed E-state index contributed by atoms with van der Waals surface area (Å²) in [5.41, 5.74) is 1.45. The van der Waals surface area contributed by atoms with Gasteiger partial charge in [0.1, 0.15) is 5.75 Å². The highest BCUT2D eigenvalue weighted by atomic mass is 79.9. The number of anilines is 1. The Morgan fingerprint density at radius 1 is 1.03 bits per heavy atom. The number of halogens is 1. The number of methoxy groups -OCH3 is 1. The molecule has 3 aromatic rings. The number of hydrogen-bond donors (Lipinski definition) is 0. The second-order valence-electron chi connectivity index (χ2n) is 7.03. The lowest BCUT2D eigenvalue weighted by Gasteiger charge is -2.23. The third-order valence-electron chi connectivity index (χ3n) is 5.01. The molecule has 1 heterocycles. The zero-order valence-electron chi connectivity index (χ0n) is 18.9. The molecule has 0 N–H and O–H groups in total. The van der Waals surface area contributed by atoms with Crippen LogP contribution in [0.2, 0.25) is 0 Å². The van der Waals surface area contributed by atoms with Crippen LogP contribution in [0, 0.1) is 0 Å². The molecular formula is C24H25BrN2O6. The van der Waals surface area contributed by atoms with E-state index >= 15 is 0 Å². The van der Waals surface area contributed by atoms with Gasteiger partial charge in [-0.3, -0.25) is 4.79 Å². The van der Waals surface area contributed by atoms with Gasteiger partial charge in [-0.25, -0.2) is 14.2 Å². The van der Waals surface area contributed by atoms with Gasteiger partial charge in [0.25, 0.3) is 0 Å². The molecule has 0 atom stereocenters. The van der Waals surface area contributed by atoms with Crippen LogP contribution in [-0.4, -0.2) is 42.9 Å². The van der Waals surface area contributed by atoms with E-state index in [2.05, 4.69) is 15.9 Å². The fourth-order valence-electron chi connectivity index (χ4n) is 3.56. The molecule has 1 aromatic heterocycles.